The summed E-state index contributed by atoms with van der Waals surface area (Å²) in [4.78, 5) is 12.9. The normalized spacial score (nSPS) is 12.6. The van der Waals surface area contributed by atoms with E-state index in [1.165, 1.54) is 0 Å². The first-order chi connectivity index (χ1) is 13.2. The van der Waals surface area contributed by atoms with Gasteiger partial charge in [-0.15, -0.1) is 0 Å². The maximum Gasteiger partial charge on any atom is 0.247 e. The van der Waals surface area contributed by atoms with Crippen LogP contribution >= 0.6 is 11.6 Å². The first kappa shape index (κ1) is 20.2. The van der Waals surface area contributed by atoms with Crippen LogP contribution in [0.1, 0.15) is 12.5 Å². The van der Waals surface area contributed by atoms with E-state index in [0.29, 0.717) is 22.0 Å². The van der Waals surface area contributed by atoms with E-state index in [1.807, 2.05) is 36.4 Å². The Morgan fingerprint density at radius 1 is 1.04 bits per heavy atom. The van der Waals surface area contributed by atoms with Crippen LogP contribution in [0, 0.1) is 6.92 Å². The fourth-order valence-corrected chi connectivity index (χ4v) is 4.51. The van der Waals surface area contributed by atoms with E-state index in [4.69, 9.17) is 11.6 Å². The van der Waals surface area contributed by atoms with Crippen molar-refractivity contribution in [2.45, 2.75) is 19.9 Å². The van der Waals surface area contributed by atoms with Gasteiger partial charge in [0.05, 0.1) is 11.9 Å². The summed E-state index contributed by atoms with van der Waals surface area (Å²) in [5.74, 6) is -0.430. The molecule has 0 saturated heterocycles. The van der Waals surface area contributed by atoms with Crippen molar-refractivity contribution >= 4 is 49.7 Å². The monoisotopic (exact) mass is 416 g/mol. The van der Waals surface area contributed by atoms with Crippen LogP contribution in [0.4, 0.5) is 11.4 Å². The molecule has 0 fully saturated rings. The lowest BCUT2D eigenvalue weighted by molar-refractivity contribution is -0.116. The first-order valence-corrected chi connectivity index (χ1v) is 10.9. The second-order valence-electron chi connectivity index (χ2n) is 6.72. The molecule has 0 aromatic heterocycles. The molecule has 1 atom stereocenters. The lowest BCUT2D eigenvalue weighted by Gasteiger charge is -2.29. The third kappa shape index (κ3) is 4.29. The number of nitrogens with one attached hydrogen (secondary N) is 1. The average Bonchev–Trinajstić information content (AvgIpc) is 2.63. The maximum absolute atomic E-state index is 12.9. The molecule has 1 N–H and O–H groups in total. The molecular formula is C21H21ClN2O3S. The zero-order valence-corrected chi connectivity index (χ0v) is 17.4. The Bertz CT molecular complexity index is 1150. The summed E-state index contributed by atoms with van der Waals surface area (Å²) in [5.41, 5.74) is 1.70. The number of amides is 1. The Morgan fingerprint density at radius 3 is 2.39 bits per heavy atom. The van der Waals surface area contributed by atoms with Crippen molar-refractivity contribution in [2.75, 3.05) is 15.9 Å². The van der Waals surface area contributed by atoms with Gasteiger partial charge in [-0.1, -0.05) is 48.0 Å². The molecule has 0 radical (unpaired) electrons. The minimum absolute atomic E-state index is 0.385. The number of benzene rings is 3. The van der Waals surface area contributed by atoms with Crippen LogP contribution in [0.25, 0.3) is 10.8 Å². The molecule has 146 valence electrons. The molecule has 5 nitrogen and oxygen atoms in total. The van der Waals surface area contributed by atoms with Crippen molar-refractivity contribution in [1.82, 2.24) is 0 Å². The van der Waals surface area contributed by atoms with E-state index in [1.54, 1.807) is 38.1 Å². The van der Waals surface area contributed by atoms with Crippen LogP contribution in [0.5, 0.6) is 0 Å². The molecule has 3 aromatic carbocycles. The highest BCUT2D eigenvalue weighted by Gasteiger charge is 2.30. The Labute approximate surface area is 170 Å². The molecule has 0 spiro atoms. The zero-order valence-electron chi connectivity index (χ0n) is 15.8. The molecule has 28 heavy (non-hydrogen) atoms. The minimum atomic E-state index is -3.71. The Morgan fingerprint density at radius 2 is 1.71 bits per heavy atom. The van der Waals surface area contributed by atoms with Crippen LogP contribution in [0.15, 0.2) is 60.7 Å². The topological polar surface area (TPSA) is 66.5 Å². The number of nitrogens with zero attached hydrogens (tertiary/aromatic N) is 1. The predicted octanol–water partition coefficient (Wildman–Crippen LogP) is 4.59. The lowest BCUT2D eigenvalue weighted by Crippen LogP contribution is -2.45. The second-order valence-corrected chi connectivity index (χ2v) is 9.01. The van der Waals surface area contributed by atoms with Crippen molar-refractivity contribution in [3.63, 3.8) is 0 Å². The molecule has 7 heteroatoms. The van der Waals surface area contributed by atoms with E-state index >= 15 is 0 Å². The number of carbonyl (C=O) groups is 1. The fraction of sp³-hybridized carbons (Fsp3) is 0.190. The first-order valence-electron chi connectivity index (χ1n) is 8.72. The molecule has 3 aromatic rings. The molecule has 0 aliphatic heterocycles. The number of carbonyl (C=O) groups excluding carboxylic acids is 1. The van der Waals surface area contributed by atoms with Gasteiger partial charge in [-0.3, -0.25) is 9.10 Å². The van der Waals surface area contributed by atoms with Gasteiger partial charge in [0.15, 0.2) is 0 Å². The molecule has 3 rings (SSSR count). The van der Waals surface area contributed by atoms with Gasteiger partial charge in [0.25, 0.3) is 0 Å². The van der Waals surface area contributed by atoms with Crippen LogP contribution in [0.2, 0.25) is 5.02 Å². The number of anilines is 2. The summed E-state index contributed by atoms with van der Waals surface area (Å²) in [6, 6.07) is 17.4. The van der Waals surface area contributed by atoms with Crippen molar-refractivity contribution < 1.29 is 13.2 Å². The van der Waals surface area contributed by atoms with E-state index in [0.717, 1.165) is 21.3 Å². The number of hydrogen-bond acceptors (Lipinski definition) is 3. The van der Waals surface area contributed by atoms with Crippen LogP contribution in [-0.4, -0.2) is 26.6 Å². The average molecular weight is 417 g/mol. The van der Waals surface area contributed by atoms with Crippen molar-refractivity contribution in [1.29, 1.82) is 0 Å². The molecule has 0 heterocycles. The van der Waals surface area contributed by atoms with Crippen LogP contribution in [0.3, 0.4) is 0 Å². The van der Waals surface area contributed by atoms with E-state index < -0.39 is 22.0 Å². The quantitative estimate of drug-likeness (QED) is 0.661. The van der Waals surface area contributed by atoms with Gasteiger partial charge in [-0.25, -0.2) is 8.42 Å². The summed E-state index contributed by atoms with van der Waals surface area (Å²) in [7, 11) is -3.71. The molecule has 0 aliphatic carbocycles. The van der Waals surface area contributed by atoms with E-state index in [9.17, 15) is 13.2 Å². The fourth-order valence-electron chi connectivity index (χ4n) is 3.11. The largest absolute Gasteiger partial charge is 0.324 e. The van der Waals surface area contributed by atoms with Gasteiger partial charge in [0.2, 0.25) is 15.9 Å². The number of fused-ring (bicyclic) bond motifs is 1. The Hall–Kier alpha value is -2.57. The molecule has 1 amide bonds. The highest BCUT2D eigenvalue weighted by atomic mass is 35.5. The van der Waals surface area contributed by atoms with Crippen LogP contribution in [-0.2, 0) is 14.8 Å². The van der Waals surface area contributed by atoms with Gasteiger partial charge >= 0.3 is 0 Å². The summed E-state index contributed by atoms with van der Waals surface area (Å²) < 4.78 is 26.0. The number of rotatable bonds is 5. The molecule has 0 unspecified atom stereocenters. The standard InChI is InChI=1S/C21H21ClN2O3S/c1-14-8-10-18(22)13-20(14)24(28(3,26)27)15(2)21(25)23-19-11-9-16-6-4-5-7-17(16)12-19/h4-13,15H,1-3H3,(H,23,25)/t15-/m1/s1. The van der Waals surface area contributed by atoms with Crippen molar-refractivity contribution in [2.24, 2.45) is 0 Å². The van der Waals surface area contributed by atoms with Gasteiger partial charge in [0.1, 0.15) is 6.04 Å². The number of aryl methyl sites for hydroxylation is 1. The number of halogens is 1. The maximum atomic E-state index is 12.9. The third-order valence-corrected chi connectivity index (χ3v) is 5.98. The molecule has 0 aliphatic rings. The molecule has 0 bridgehead atoms. The Kier molecular flexibility index (Phi) is 5.63. The lowest BCUT2D eigenvalue weighted by atomic mass is 10.1. The summed E-state index contributed by atoms with van der Waals surface area (Å²) >= 11 is 6.06. The zero-order chi connectivity index (χ0) is 20.5. The molecule has 0 saturated carbocycles. The minimum Gasteiger partial charge on any atom is -0.324 e. The smallest absolute Gasteiger partial charge is 0.247 e. The summed E-state index contributed by atoms with van der Waals surface area (Å²) in [5, 5.41) is 5.25. The number of sulfonamides is 1. The van der Waals surface area contributed by atoms with Gasteiger partial charge in [-0.05, 0) is 54.4 Å². The van der Waals surface area contributed by atoms with Crippen molar-refractivity contribution in [3.8, 4) is 0 Å². The highest BCUT2D eigenvalue weighted by Crippen LogP contribution is 2.29. The summed E-state index contributed by atoms with van der Waals surface area (Å²) in [6.07, 6.45) is 1.08. The van der Waals surface area contributed by atoms with Crippen molar-refractivity contribution in [3.05, 3.63) is 71.2 Å². The van der Waals surface area contributed by atoms with Gasteiger partial charge < -0.3 is 5.32 Å². The van der Waals surface area contributed by atoms with E-state index in [-0.39, 0.29) is 0 Å². The highest BCUT2D eigenvalue weighted by molar-refractivity contribution is 7.92. The second kappa shape index (κ2) is 7.81. The number of hydrogen-bond donors (Lipinski definition) is 1. The van der Waals surface area contributed by atoms with E-state index in [2.05, 4.69) is 5.32 Å². The Balaban J connectivity index is 1.92. The van der Waals surface area contributed by atoms with Gasteiger partial charge in [0, 0.05) is 10.7 Å². The molecular weight excluding hydrogens is 396 g/mol. The SMILES string of the molecule is Cc1ccc(Cl)cc1N([C@H](C)C(=O)Nc1ccc2ccccc2c1)S(C)(=O)=O. The third-order valence-electron chi connectivity index (χ3n) is 4.51. The summed E-state index contributed by atoms with van der Waals surface area (Å²) in [6.45, 7) is 3.33. The van der Waals surface area contributed by atoms with Crippen LogP contribution < -0.4 is 9.62 Å². The predicted molar refractivity (Wildman–Crippen MR) is 116 cm³/mol. The van der Waals surface area contributed by atoms with Gasteiger partial charge in [-0.2, -0.15) is 0 Å².